The van der Waals surface area contributed by atoms with Crippen LogP contribution in [0.1, 0.15) is 25.0 Å². The summed E-state index contributed by atoms with van der Waals surface area (Å²) in [6.45, 7) is 5.40. The smallest absolute Gasteiger partial charge is 0.166 e. The second kappa shape index (κ2) is 13.5. The second-order valence-electron chi connectivity index (χ2n) is 5.60. The van der Waals surface area contributed by atoms with Gasteiger partial charge in [-0.3, -0.25) is 0 Å². The van der Waals surface area contributed by atoms with E-state index < -0.39 is 0 Å². The van der Waals surface area contributed by atoms with Gasteiger partial charge < -0.3 is 20.1 Å². The fourth-order valence-corrected chi connectivity index (χ4v) is 3.17. The summed E-state index contributed by atoms with van der Waals surface area (Å²) in [5.74, 6) is 1.58. The minimum atomic E-state index is 0.613. The standard InChI is InChI=1S/C19H22Cl2N2O2S.C2H6/c1-24-16-6-4-14(18(12-16)25-2)8-10-23-19(26)22-9-7-13-3-5-15(20)11-17(13)21;1-2/h3-6,11-12H,7-10H2,1-2H3,(H2,22,23,26);1-2H3. The van der Waals surface area contributed by atoms with Gasteiger partial charge in [0.05, 0.1) is 14.2 Å². The van der Waals surface area contributed by atoms with E-state index >= 15 is 0 Å². The summed E-state index contributed by atoms with van der Waals surface area (Å²) >= 11 is 17.4. The highest BCUT2D eigenvalue weighted by atomic mass is 35.5. The number of benzene rings is 2. The molecule has 0 aliphatic carbocycles. The summed E-state index contributed by atoms with van der Waals surface area (Å²) < 4.78 is 10.6. The molecule has 28 heavy (non-hydrogen) atoms. The lowest BCUT2D eigenvalue weighted by Crippen LogP contribution is -2.37. The highest BCUT2D eigenvalue weighted by Crippen LogP contribution is 2.24. The van der Waals surface area contributed by atoms with E-state index in [4.69, 9.17) is 44.9 Å². The molecule has 0 bridgehead atoms. The third-order valence-electron chi connectivity index (χ3n) is 3.87. The molecule has 0 fully saturated rings. The van der Waals surface area contributed by atoms with Gasteiger partial charge in [0.2, 0.25) is 0 Å². The summed E-state index contributed by atoms with van der Waals surface area (Å²) in [5, 5.41) is 8.31. The van der Waals surface area contributed by atoms with Crippen molar-refractivity contribution in [3.63, 3.8) is 0 Å². The fourth-order valence-electron chi connectivity index (χ4n) is 2.47. The summed E-state index contributed by atoms with van der Waals surface area (Å²) in [4.78, 5) is 0. The van der Waals surface area contributed by atoms with Crippen LogP contribution < -0.4 is 20.1 Å². The number of halogens is 2. The summed E-state index contributed by atoms with van der Waals surface area (Å²) in [6, 6.07) is 11.3. The van der Waals surface area contributed by atoms with Crippen molar-refractivity contribution in [1.29, 1.82) is 0 Å². The molecule has 0 saturated heterocycles. The van der Waals surface area contributed by atoms with Crippen LogP contribution in [0.3, 0.4) is 0 Å². The molecule has 0 aromatic heterocycles. The Labute approximate surface area is 183 Å². The van der Waals surface area contributed by atoms with Crippen molar-refractivity contribution >= 4 is 40.5 Å². The minimum Gasteiger partial charge on any atom is -0.497 e. The Balaban J connectivity index is 0.00000190. The van der Waals surface area contributed by atoms with Crippen LogP contribution in [0.15, 0.2) is 36.4 Å². The van der Waals surface area contributed by atoms with Gasteiger partial charge in [0, 0.05) is 29.2 Å². The van der Waals surface area contributed by atoms with E-state index in [1.54, 1.807) is 20.3 Å². The number of methoxy groups -OCH3 is 2. The Hall–Kier alpha value is -1.69. The Bertz CT molecular complexity index is 757. The monoisotopic (exact) mass is 442 g/mol. The Morgan fingerprint density at radius 1 is 0.893 bits per heavy atom. The van der Waals surface area contributed by atoms with Crippen LogP contribution in [0.4, 0.5) is 0 Å². The molecule has 0 atom stereocenters. The average Bonchev–Trinajstić information content (AvgIpc) is 2.71. The number of hydrogen-bond donors (Lipinski definition) is 2. The van der Waals surface area contributed by atoms with Crippen molar-refractivity contribution in [2.24, 2.45) is 0 Å². The van der Waals surface area contributed by atoms with Crippen molar-refractivity contribution < 1.29 is 9.47 Å². The van der Waals surface area contributed by atoms with Crippen molar-refractivity contribution in [2.45, 2.75) is 26.7 Å². The third kappa shape index (κ3) is 8.13. The molecule has 0 spiro atoms. The second-order valence-corrected chi connectivity index (χ2v) is 6.85. The van der Waals surface area contributed by atoms with Crippen LogP contribution in [0.25, 0.3) is 0 Å². The molecule has 2 aromatic carbocycles. The number of hydrogen-bond acceptors (Lipinski definition) is 3. The molecule has 2 rings (SSSR count). The van der Waals surface area contributed by atoms with Gasteiger partial charge in [0.15, 0.2) is 5.11 Å². The summed E-state index contributed by atoms with van der Waals surface area (Å²) in [6.07, 6.45) is 1.56. The van der Waals surface area contributed by atoms with Crippen LogP contribution in [0.5, 0.6) is 11.5 Å². The lowest BCUT2D eigenvalue weighted by atomic mass is 10.1. The zero-order valence-electron chi connectivity index (χ0n) is 16.8. The first-order valence-corrected chi connectivity index (χ1v) is 10.4. The van der Waals surface area contributed by atoms with Gasteiger partial charge in [-0.1, -0.05) is 49.2 Å². The molecule has 0 amide bonds. The summed E-state index contributed by atoms with van der Waals surface area (Å²) in [7, 11) is 3.29. The predicted octanol–water partition coefficient (Wildman–Crippen LogP) is 5.29. The summed E-state index contributed by atoms with van der Waals surface area (Å²) in [5.41, 5.74) is 2.13. The molecule has 154 valence electrons. The average molecular weight is 443 g/mol. The highest BCUT2D eigenvalue weighted by Gasteiger charge is 2.06. The van der Waals surface area contributed by atoms with E-state index in [1.165, 1.54) is 0 Å². The molecule has 0 radical (unpaired) electrons. The van der Waals surface area contributed by atoms with E-state index in [0.29, 0.717) is 28.2 Å². The van der Waals surface area contributed by atoms with Crippen molar-refractivity contribution in [3.8, 4) is 11.5 Å². The molecule has 4 nitrogen and oxygen atoms in total. The number of ether oxygens (including phenoxy) is 2. The number of nitrogens with one attached hydrogen (secondary N) is 2. The minimum absolute atomic E-state index is 0.613. The van der Waals surface area contributed by atoms with E-state index in [0.717, 1.165) is 35.5 Å². The lowest BCUT2D eigenvalue weighted by molar-refractivity contribution is 0.391. The Morgan fingerprint density at radius 2 is 1.50 bits per heavy atom. The van der Waals surface area contributed by atoms with Gasteiger partial charge in [-0.15, -0.1) is 0 Å². The molecule has 2 N–H and O–H groups in total. The van der Waals surface area contributed by atoms with E-state index in [-0.39, 0.29) is 0 Å². The molecule has 0 aliphatic rings. The predicted molar refractivity (Wildman–Crippen MR) is 123 cm³/mol. The first kappa shape index (κ1) is 24.3. The first-order valence-electron chi connectivity index (χ1n) is 9.20. The maximum atomic E-state index is 6.16. The number of rotatable bonds is 8. The van der Waals surface area contributed by atoms with Gasteiger partial charge in [-0.25, -0.2) is 0 Å². The Morgan fingerprint density at radius 3 is 2.07 bits per heavy atom. The van der Waals surface area contributed by atoms with Crippen LogP contribution in [-0.2, 0) is 12.8 Å². The Kier molecular flexibility index (Phi) is 11.7. The van der Waals surface area contributed by atoms with Crippen LogP contribution in [-0.4, -0.2) is 32.4 Å². The molecule has 0 saturated carbocycles. The molecule has 7 heteroatoms. The van der Waals surface area contributed by atoms with Gasteiger partial charge in [-0.05, 0) is 54.4 Å². The molecule has 0 aliphatic heterocycles. The SMILES string of the molecule is CC.COc1ccc(CCNC(=S)NCCc2ccc(Cl)cc2Cl)c(OC)c1. The first-order chi connectivity index (χ1) is 13.5. The fraction of sp³-hybridized carbons (Fsp3) is 0.381. The van der Waals surface area contributed by atoms with Crippen LogP contribution >= 0.6 is 35.4 Å². The van der Waals surface area contributed by atoms with Crippen molar-refractivity contribution in [2.75, 3.05) is 27.3 Å². The van der Waals surface area contributed by atoms with Gasteiger partial charge in [0.1, 0.15) is 11.5 Å². The topological polar surface area (TPSA) is 42.5 Å². The molecular formula is C21H28Cl2N2O2S. The van der Waals surface area contributed by atoms with E-state index in [2.05, 4.69) is 10.6 Å². The van der Waals surface area contributed by atoms with Gasteiger partial charge in [0.25, 0.3) is 0 Å². The normalized spacial score (nSPS) is 9.79. The van der Waals surface area contributed by atoms with Gasteiger partial charge in [-0.2, -0.15) is 0 Å². The zero-order valence-corrected chi connectivity index (χ0v) is 19.1. The number of thiocarbonyl (C=S) groups is 1. The van der Waals surface area contributed by atoms with Crippen molar-refractivity contribution in [1.82, 2.24) is 10.6 Å². The van der Waals surface area contributed by atoms with Crippen LogP contribution in [0.2, 0.25) is 10.0 Å². The highest BCUT2D eigenvalue weighted by molar-refractivity contribution is 7.80. The maximum absolute atomic E-state index is 6.16. The maximum Gasteiger partial charge on any atom is 0.166 e. The van der Waals surface area contributed by atoms with Crippen molar-refractivity contribution in [3.05, 3.63) is 57.6 Å². The quantitative estimate of drug-likeness (QED) is 0.543. The van der Waals surface area contributed by atoms with Crippen LogP contribution in [0, 0.1) is 0 Å². The van der Waals surface area contributed by atoms with E-state index in [9.17, 15) is 0 Å². The molecule has 0 unspecified atom stereocenters. The van der Waals surface area contributed by atoms with Gasteiger partial charge >= 0.3 is 0 Å². The largest absolute Gasteiger partial charge is 0.497 e. The van der Waals surface area contributed by atoms with E-state index in [1.807, 2.05) is 44.2 Å². The molecular weight excluding hydrogens is 415 g/mol. The molecule has 0 heterocycles. The molecule has 2 aromatic rings. The lowest BCUT2D eigenvalue weighted by Gasteiger charge is -2.13. The third-order valence-corrected chi connectivity index (χ3v) is 4.74. The zero-order chi connectivity index (χ0) is 20.9.